The molecule has 0 aliphatic heterocycles. The fraction of sp³-hybridized carbons (Fsp3) is 0.250. The van der Waals surface area contributed by atoms with Gasteiger partial charge >= 0.3 is 0 Å². The molecule has 0 aliphatic rings. The van der Waals surface area contributed by atoms with Crippen molar-refractivity contribution < 1.29 is 9.50 Å². The van der Waals surface area contributed by atoms with E-state index in [1.165, 1.54) is 0 Å². The molecule has 100 valence electrons. The molecule has 0 unspecified atom stereocenters. The van der Waals surface area contributed by atoms with Gasteiger partial charge in [0.15, 0.2) is 0 Å². The first kappa shape index (κ1) is 13.4. The number of aryl methyl sites for hydroxylation is 3. The van der Waals surface area contributed by atoms with Crippen LogP contribution >= 0.6 is 0 Å². The maximum atomic E-state index is 13.4. The van der Waals surface area contributed by atoms with Crippen LogP contribution in [0.2, 0.25) is 0 Å². The van der Waals surface area contributed by atoms with Crippen molar-refractivity contribution in [3.05, 3.63) is 58.4 Å². The molecule has 0 aromatic heterocycles. The summed E-state index contributed by atoms with van der Waals surface area (Å²) in [6, 6.07) is 8.86. The van der Waals surface area contributed by atoms with Crippen molar-refractivity contribution in [3.8, 4) is 5.75 Å². The molecule has 0 aliphatic carbocycles. The van der Waals surface area contributed by atoms with Crippen molar-refractivity contribution in [3.63, 3.8) is 0 Å². The molecule has 2 nitrogen and oxygen atoms in total. The van der Waals surface area contributed by atoms with Gasteiger partial charge in [0.1, 0.15) is 11.6 Å². The van der Waals surface area contributed by atoms with Gasteiger partial charge in [-0.2, -0.15) is 0 Å². The zero-order valence-electron chi connectivity index (χ0n) is 11.4. The average Bonchev–Trinajstić information content (AvgIpc) is 2.36. The molecule has 0 saturated carbocycles. The summed E-state index contributed by atoms with van der Waals surface area (Å²) in [6.45, 7) is 6.09. The zero-order chi connectivity index (χ0) is 14.0. The number of rotatable bonds is 3. The Morgan fingerprint density at radius 3 is 2.42 bits per heavy atom. The molecule has 0 saturated heterocycles. The highest BCUT2D eigenvalue weighted by Crippen LogP contribution is 2.25. The number of nitrogens with one attached hydrogen (secondary N) is 1. The molecular weight excluding hydrogens is 241 g/mol. The largest absolute Gasteiger partial charge is 0.508 e. The summed E-state index contributed by atoms with van der Waals surface area (Å²) in [5.74, 6) is 0.113. The summed E-state index contributed by atoms with van der Waals surface area (Å²) in [7, 11) is 0. The first-order chi connectivity index (χ1) is 8.97. The third kappa shape index (κ3) is 3.05. The number of phenols is 1. The Labute approximate surface area is 112 Å². The maximum Gasteiger partial charge on any atom is 0.126 e. The molecule has 3 heteroatoms. The lowest BCUT2D eigenvalue weighted by atomic mass is 10.1. The second kappa shape index (κ2) is 5.31. The van der Waals surface area contributed by atoms with E-state index in [9.17, 15) is 9.50 Å². The van der Waals surface area contributed by atoms with Crippen LogP contribution in [0, 0.1) is 26.6 Å². The lowest BCUT2D eigenvalue weighted by Crippen LogP contribution is -2.02. The Morgan fingerprint density at radius 2 is 1.74 bits per heavy atom. The summed E-state index contributed by atoms with van der Waals surface area (Å²) in [6.07, 6.45) is 0. The normalized spacial score (nSPS) is 10.5. The predicted octanol–water partition coefficient (Wildman–Crippen LogP) is 4.07. The number of benzene rings is 2. The Balaban J connectivity index is 2.14. The van der Waals surface area contributed by atoms with E-state index < -0.39 is 0 Å². The van der Waals surface area contributed by atoms with Crippen molar-refractivity contribution in [2.24, 2.45) is 0 Å². The van der Waals surface area contributed by atoms with Crippen LogP contribution in [0.5, 0.6) is 5.75 Å². The van der Waals surface area contributed by atoms with Crippen LogP contribution < -0.4 is 5.32 Å². The summed E-state index contributed by atoms with van der Waals surface area (Å²) >= 11 is 0. The number of phenolic OH excluding ortho intramolecular Hbond substituents is 1. The van der Waals surface area contributed by atoms with Crippen molar-refractivity contribution in [2.75, 3.05) is 5.32 Å². The molecule has 2 aromatic rings. The van der Waals surface area contributed by atoms with E-state index in [1.54, 1.807) is 25.1 Å². The van der Waals surface area contributed by atoms with E-state index in [4.69, 9.17) is 0 Å². The van der Waals surface area contributed by atoms with E-state index in [0.29, 0.717) is 17.9 Å². The second-order valence-corrected chi connectivity index (χ2v) is 4.89. The predicted molar refractivity (Wildman–Crippen MR) is 76.0 cm³/mol. The van der Waals surface area contributed by atoms with Crippen LogP contribution in [-0.2, 0) is 6.54 Å². The van der Waals surface area contributed by atoms with E-state index in [-0.39, 0.29) is 5.82 Å². The molecule has 2 rings (SSSR count). The molecule has 0 heterocycles. The monoisotopic (exact) mass is 259 g/mol. The number of hydrogen-bond acceptors (Lipinski definition) is 2. The minimum atomic E-state index is -0.182. The van der Waals surface area contributed by atoms with E-state index in [2.05, 4.69) is 5.32 Å². The summed E-state index contributed by atoms with van der Waals surface area (Å²) in [5, 5.41) is 12.9. The van der Waals surface area contributed by atoms with Crippen molar-refractivity contribution in [2.45, 2.75) is 27.3 Å². The molecule has 0 atom stereocenters. The van der Waals surface area contributed by atoms with Gasteiger partial charge in [0, 0.05) is 12.2 Å². The van der Waals surface area contributed by atoms with Gasteiger partial charge in [-0.05, 0) is 61.2 Å². The Morgan fingerprint density at radius 1 is 1.00 bits per heavy atom. The van der Waals surface area contributed by atoms with Gasteiger partial charge in [0.2, 0.25) is 0 Å². The molecule has 0 spiro atoms. The minimum Gasteiger partial charge on any atom is -0.508 e. The lowest BCUT2D eigenvalue weighted by Gasteiger charge is -2.12. The Hall–Kier alpha value is -2.03. The van der Waals surface area contributed by atoms with Crippen LogP contribution in [0.4, 0.5) is 10.1 Å². The standard InChI is InChI=1S/C16H18FNO/c1-10-4-5-13(8-14(10)17)9-18-15-6-12(3)16(19)7-11(15)2/h4-8,18-19H,9H2,1-3H3. The first-order valence-electron chi connectivity index (χ1n) is 6.26. The highest BCUT2D eigenvalue weighted by molar-refractivity contribution is 5.56. The second-order valence-electron chi connectivity index (χ2n) is 4.89. The molecular formula is C16H18FNO. The number of halogens is 1. The minimum absolute atomic E-state index is 0.182. The fourth-order valence-corrected chi connectivity index (χ4v) is 1.94. The average molecular weight is 259 g/mol. The fourth-order valence-electron chi connectivity index (χ4n) is 1.94. The lowest BCUT2D eigenvalue weighted by molar-refractivity contribution is 0.471. The van der Waals surface area contributed by atoms with Crippen LogP contribution in [0.15, 0.2) is 30.3 Å². The number of aromatic hydroxyl groups is 1. The molecule has 0 bridgehead atoms. The van der Waals surface area contributed by atoms with Crippen molar-refractivity contribution in [1.29, 1.82) is 0 Å². The Bertz CT molecular complexity index is 608. The number of anilines is 1. The van der Waals surface area contributed by atoms with Crippen molar-refractivity contribution in [1.82, 2.24) is 0 Å². The highest BCUT2D eigenvalue weighted by atomic mass is 19.1. The van der Waals surface area contributed by atoms with E-state index in [1.807, 2.05) is 26.0 Å². The summed E-state index contributed by atoms with van der Waals surface area (Å²) in [5.41, 5.74) is 4.30. The quantitative estimate of drug-likeness (QED) is 0.814. The van der Waals surface area contributed by atoms with Crippen molar-refractivity contribution >= 4 is 5.69 Å². The molecule has 2 aromatic carbocycles. The molecule has 0 radical (unpaired) electrons. The molecule has 2 N–H and O–H groups in total. The summed E-state index contributed by atoms with van der Waals surface area (Å²) < 4.78 is 13.4. The third-order valence-electron chi connectivity index (χ3n) is 3.26. The zero-order valence-corrected chi connectivity index (χ0v) is 11.4. The topological polar surface area (TPSA) is 32.3 Å². The first-order valence-corrected chi connectivity index (χ1v) is 6.26. The van der Waals surface area contributed by atoms with Gasteiger partial charge in [-0.25, -0.2) is 4.39 Å². The maximum absolute atomic E-state index is 13.4. The van der Waals surface area contributed by atoms with Crippen LogP contribution in [0.1, 0.15) is 22.3 Å². The van der Waals surface area contributed by atoms with Gasteiger partial charge in [-0.1, -0.05) is 12.1 Å². The highest BCUT2D eigenvalue weighted by Gasteiger charge is 2.04. The molecule has 0 fully saturated rings. The van der Waals surface area contributed by atoms with Gasteiger partial charge in [-0.3, -0.25) is 0 Å². The molecule has 0 amide bonds. The smallest absolute Gasteiger partial charge is 0.126 e. The number of hydrogen-bond donors (Lipinski definition) is 2. The van der Waals surface area contributed by atoms with Gasteiger partial charge in [0.25, 0.3) is 0 Å². The van der Waals surface area contributed by atoms with Crippen LogP contribution in [0.25, 0.3) is 0 Å². The van der Waals surface area contributed by atoms with Crippen LogP contribution in [0.3, 0.4) is 0 Å². The van der Waals surface area contributed by atoms with E-state index in [0.717, 1.165) is 22.4 Å². The Kier molecular flexibility index (Phi) is 3.74. The third-order valence-corrected chi connectivity index (χ3v) is 3.26. The van der Waals surface area contributed by atoms with Gasteiger partial charge in [-0.15, -0.1) is 0 Å². The van der Waals surface area contributed by atoms with Gasteiger partial charge < -0.3 is 10.4 Å². The molecule has 19 heavy (non-hydrogen) atoms. The van der Waals surface area contributed by atoms with Gasteiger partial charge in [0.05, 0.1) is 0 Å². The van der Waals surface area contributed by atoms with E-state index >= 15 is 0 Å². The van der Waals surface area contributed by atoms with Crippen LogP contribution in [-0.4, -0.2) is 5.11 Å². The summed E-state index contributed by atoms with van der Waals surface area (Å²) in [4.78, 5) is 0. The SMILES string of the molecule is Cc1cc(NCc2ccc(C)c(F)c2)c(C)cc1O.